The van der Waals surface area contributed by atoms with Gasteiger partial charge in [-0.05, 0) is 42.8 Å². The van der Waals surface area contributed by atoms with Crippen molar-refractivity contribution in [3.8, 4) is 11.5 Å². The molecule has 0 atom stereocenters. The Morgan fingerprint density at radius 3 is 2.73 bits per heavy atom. The lowest BCUT2D eigenvalue weighted by Crippen LogP contribution is -2.28. The van der Waals surface area contributed by atoms with Gasteiger partial charge in [0, 0.05) is 17.5 Å². The first-order valence-corrected chi connectivity index (χ1v) is 9.39. The Bertz CT molecular complexity index is 785. The quantitative estimate of drug-likeness (QED) is 0.444. The van der Waals surface area contributed by atoms with E-state index in [2.05, 4.69) is 6.58 Å². The predicted molar refractivity (Wildman–Crippen MR) is 108 cm³/mol. The molecule has 1 aromatic heterocycles. The second-order valence-electron chi connectivity index (χ2n) is 5.39. The smallest absolute Gasteiger partial charge is 0.247 e. The molecule has 138 valence electrons. The molecule has 0 unspecified atom stereocenters. The zero-order valence-electron chi connectivity index (χ0n) is 14.9. The molecule has 0 aliphatic heterocycles. The highest BCUT2D eigenvalue weighted by molar-refractivity contribution is 7.16. The van der Waals surface area contributed by atoms with Gasteiger partial charge in [-0.25, -0.2) is 0 Å². The van der Waals surface area contributed by atoms with Crippen molar-refractivity contribution in [2.45, 2.75) is 13.5 Å². The van der Waals surface area contributed by atoms with Crippen molar-refractivity contribution in [3.63, 3.8) is 0 Å². The third-order valence-corrected chi connectivity index (χ3v) is 4.76. The van der Waals surface area contributed by atoms with Crippen LogP contribution in [-0.4, -0.2) is 31.1 Å². The Kier molecular flexibility index (Phi) is 7.75. The summed E-state index contributed by atoms with van der Waals surface area (Å²) in [4.78, 5) is 15.3. The van der Waals surface area contributed by atoms with E-state index in [0.29, 0.717) is 35.5 Å². The molecule has 0 saturated heterocycles. The molecule has 2 rings (SSSR count). The number of halogens is 1. The van der Waals surface area contributed by atoms with Gasteiger partial charge < -0.3 is 14.4 Å². The molecule has 0 radical (unpaired) electrons. The van der Waals surface area contributed by atoms with Crippen molar-refractivity contribution in [2.24, 2.45) is 0 Å². The average Bonchev–Trinajstić information content (AvgIpc) is 3.04. The standard InChI is InChI=1S/C20H22ClNO3S/c1-4-12-22(14-16-8-10-19(21)26-16)20(23)11-7-15-6-9-17(24-3)18(13-15)25-5-2/h4,6-11,13H,1,5,12,14H2,2-3H3/b11-7+. The van der Waals surface area contributed by atoms with Gasteiger partial charge in [0.25, 0.3) is 0 Å². The number of hydrogen-bond acceptors (Lipinski definition) is 4. The average molecular weight is 392 g/mol. The molecule has 2 aromatic rings. The van der Waals surface area contributed by atoms with Gasteiger partial charge in [0.05, 0.1) is 24.6 Å². The highest BCUT2D eigenvalue weighted by Gasteiger charge is 2.11. The lowest BCUT2D eigenvalue weighted by Gasteiger charge is -2.18. The Morgan fingerprint density at radius 1 is 1.31 bits per heavy atom. The number of methoxy groups -OCH3 is 1. The number of rotatable bonds is 9. The summed E-state index contributed by atoms with van der Waals surface area (Å²) in [6.45, 7) is 7.14. The number of ether oxygens (including phenoxy) is 2. The minimum absolute atomic E-state index is 0.0943. The molecule has 1 amide bonds. The normalized spacial score (nSPS) is 10.7. The van der Waals surface area contributed by atoms with Gasteiger partial charge in [0.1, 0.15) is 0 Å². The molecule has 0 bridgehead atoms. The number of thiophene rings is 1. The zero-order valence-corrected chi connectivity index (χ0v) is 16.5. The van der Waals surface area contributed by atoms with E-state index in [-0.39, 0.29) is 5.91 Å². The highest BCUT2D eigenvalue weighted by atomic mass is 35.5. The summed E-state index contributed by atoms with van der Waals surface area (Å²) >= 11 is 7.43. The summed E-state index contributed by atoms with van der Waals surface area (Å²) in [7, 11) is 1.60. The third-order valence-electron chi connectivity index (χ3n) is 3.54. The molecule has 4 nitrogen and oxygen atoms in total. The fourth-order valence-electron chi connectivity index (χ4n) is 2.35. The number of benzene rings is 1. The number of carbonyl (C=O) groups excluding carboxylic acids is 1. The van der Waals surface area contributed by atoms with Gasteiger partial charge >= 0.3 is 0 Å². The lowest BCUT2D eigenvalue weighted by atomic mass is 10.2. The number of nitrogens with zero attached hydrogens (tertiary/aromatic N) is 1. The molecule has 6 heteroatoms. The fraction of sp³-hybridized carbons (Fsp3) is 0.250. The summed E-state index contributed by atoms with van der Waals surface area (Å²) in [5.74, 6) is 1.22. The Hall–Kier alpha value is -2.24. The largest absolute Gasteiger partial charge is 0.493 e. The van der Waals surface area contributed by atoms with E-state index in [1.54, 1.807) is 30.2 Å². The SMILES string of the molecule is C=CCN(Cc1ccc(Cl)s1)C(=O)/C=C/c1ccc(OC)c(OCC)c1. The Morgan fingerprint density at radius 2 is 2.12 bits per heavy atom. The van der Waals surface area contributed by atoms with E-state index in [9.17, 15) is 4.79 Å². The van der Waals surface area contributed by atoms with E-state index in [4.69, 9.17) is 21.1 Å². The first-order chi connectivity index (χ1) is 12.6. The van der Waals surface area contributed by atoms with E-state index in [1.165, 1.54) is 11.3 Å². The second-order valence-corrected chi connectivity index (χ2v) is 7.19. The van der Waals surface area contributed by atoms with E-state index >= 15 is 0 Å². The topological polar surface area (TPSA) is 38.8 Å². The summed E-state index contributed by atoms with van der Waals surface area (Å²) in [6.07, 6.45) is 5.03. The van der Waals surface area contributed by atoms with Crippen LogP contribution in [-0.2, 0) is 11.3 Å². The molecular formula is C20H22ClNO3S. The monoisotopic (exact) mass is 391 g/mol. The summed E-state index contributed by atoms with van der Waals surface area (Å²) < 4.78 is 11.5. The van der Waals surface area contributed by atoms with Crippen molar-refractivity contribution in [1.82, 2.24) is 4.90 Å². The molecule has 1 heterocycles. The number of amides is 1. The molecule has 0 fully saturated rings. The molecule has 1 aromatic carbocycles. The molecule has 26 heavy (non-hydrogen) atoms. The van der Waals surface area contributed by atoms with Crippen LogP contribution in [0.1, 0.15) is 17.4 Å². The van der Waals surface area contributed by atoms with Gasteiger partial charge in [0.2, 0.25) is 5.91 Å². The first kappa shape index (κ1) is 20.1. The van der Waals surface area contributed by atoms with Gasteiger partial charge in [-0.15, -0.1) is 17.9 Å². The molecule has 0 aliphatic rings. The lowest BCUT2D eigenvalue weighted by molar-refractivity contribution is -0.126. The van der Waals surface area contributed by atoms with Crippen molar-refractivity contribution >= 4 is 34.9 Å². The zero-order chi connectivity index (χ0) is 18.9. The van der Waals surface area contributed by atoms with E-state index in [1.807, 2.05) is 37.3 Å². The summed E-state index contributed by atoms with van der Waals surface area (Å²) in [6, 6.07) is 9.31. The van der Waals surface area contributed by atoms with Crippen LogP contribution < -0.4 is 9.47 Å². The van der Waals surface area contributed by atoms with Crippen LogP contribution in [0, 0.1) is 0 Å². The summed E-state index contributed by atoms with van der Waals surface area (Å²) in [5.41, 5.74) is 0.861. The maximum absolute atomic E-state index is 12.6. The third kappa shape index (κ3) is 5.64. The van der Waals surface area contributed by atoms with Crippen LogP contribution in [0.2, 0.25) is 4.34 Å². The van der Waals surface area contributed by atoms with Crippen molar-refractivity contribution < 1.29 is 14.3 Å². The maximum Gasteiger partial charge on any atom is 0.247 e. The first-order valence-electron chi connectivity index (χ1n) is 8.20. The van der Waals surface area contributed by atoms with Crippen LogP contribution in [0.5, 0.6) is 11.5 Å². The van der Waals surface area contributed by atoms with Gasteiger partial charge in [0.15, 0.2) is 11.5 Å². The van der Waals surface area contributed by atoms with Gasteiger partial charge in [-0.1, -0.05) is 23.7 Å². The highest BCUT2D eigenvalue weighted by Crippen LogP contribution is 2.28. The van der Waals surface area contributed by atoms with E-state index < -0.39 is 0 Å². The summed E-state index contributed by atoms with van der Waals surface area (Å²) in [5, 5.41) is 0. The second kappa shape index (κ2) is 10.0. The van der Waals surface area contributed by atoms with Crippen molar-refractivity contribution in [1.29, 1.82) is 0 Å². The van der Waals surface area contributed by atoms with Crippen LogP contribution >= 0.6 is 22.9 Å². The van der Waals surface area contributed by atoms with Crippen molar-refractivity contribution in [2.75, 3.05) is 20.3 Å². The Balaban J connectivity index is 2.12. The Labute approximate surface area is 163 Å². The predicted octanol–water partition coefficient (Wildman–Crippen LogP) is 5.04. The van der Waals surface area contributed by atoms with Gasteiger partial charge in [-0.3, -0.25) is 4.79 Å². The maximum atomic E-state index is 12.6. The van der Waals surface area contributed by atoms with Crippen LogP contribution in [0.3, 0.4) is 0 Å². The minimum atomic E-state index is -0.0943. The molecular weight excluding hydrogens is 370 g/mol. The van der Waals surface area contributed by atoms with E-state index in [0.717, 1.165) is 10.4 Å². The van der Waals surface area contributed by atoms with Gasteiger partial charge in [-0.2, -0.15) is 0 Å². The molecule has 0 saturated carbocycles. The van der Waals surface area contributed by atoms with Crippen LogP contribution in [0.15, 0.2) is 49.1 Å². The van der Waals surface area contributed by atoms with Crippen LogP contribution in [0.25, 0.3) is 6.08 Å². The van der Waals surface area contributed by atoms with Crippen molar-refractivity contribution in [3.05, 3.63) is 63.8 Å². The molecule has 0 spiro atoms. The molecule has 0 N–H and O–H groups in total. The fourth-order valence-corrected chi connectivity index (χ4v) is 3.45. The number of hydrogen-bond donors (Lipinski definition) is 0. The minimum Gasteiger partial charge on any atom is -0.493 e. The van der Waals surface area contributed by atoms with Crippen LogP contribution in [0.4, 0.5) is 0 Å². The molecule has 0 aliphatic carbocycles. The number of carbonyl (C=O) groups is 1.